The molecule has 0 aliphatic carbocycles. The number of carbonyl (C=O) groups excluding carboxylic acids is 1. The highest BCUT2D eigenvalue weighted by molar-refractivity contribution is 5.92. The lowest BCUT2D eigenvalue weighted by atomic mass is 10.1. The summed E-state index contributed by atoms with van der Waals surface area (Å²) in [7, 11) is 0. The first kappa shape index (κ1) is 12.3. The third-order valence-electron chi connectivity index (χ3n) is 2.17. The van der Waals surface area contributed by atoms with Gasteiger partial charge in [-0.15, -0.1) is 4.73 Å². The molecule has 88 valence electrons. The Hall–Kier alpha value is -1.78. The van der Waals surface area contributed by atoms with Gasteiger partial charge in [0.05, 0.1) is 0 Å². The third-order valence-corrected chi connectivity index (χ3v) is 2.17. The van der Waals surface area contributed by atoms with E-state index in [1.807, 2.05) is 0 Å². The minimum atomic E-state index is -0.614. The number of nitrogens with zero attached hydrogens (tertiary/aromatic N) is 1. The molecule has 0 aliphatic heterocycles. The molecule has 0 atom stereocenters. The van der Waals surface area contributed by atoms with E-state index >= 15 is 0 Å². The van der Waals surface area contributed by atoms with E-state index < -0.39 is 11.5 Å². The first-order valence-electron chi connectivity index (χ1n) is 5.22. The third kappa shape index (κ3) is 3.12. The van der Waals surface area contributed by atoms with Crippen molar-refractivity contribution < 1.29 is 10.0 Å². The smallest absolute Gasteiger partial charge is 0.283 e. The SMILES string of the molecule is CC(C)CCNC(=O)c1cccc(=O)n1O. The van der Waals surface area contributed by atoms with Crippen molar-refractivity contribution >= 4 is 5.91 Å². The molecule has 1 amide bonds. The van der Waals surface area contributed by atoms with Crippen LogP contribution >= 0.6 is 0 Å². The van der Waals surface area contributed by atoms with Crippen LogP contribution in [0.15, 0.2) is 23.0 Å². The molecule has 1 aromatic rings. The average molecular weight is 224 g/mol. The maximum Gasteiger partial charge on any atom is 0.283 e. The summed E-state index contributed by atoms with van der Waals surface area (Å²) in [6, 6.07) is 4.02. The highest BCUT2D eigenvalue weighted by Gasteiger charge is 2.10. The Kier molecular flexibility index (Phi) is 4.10. The molecular weight excluding hydrogens is 208 g/mol. The fourth-order valence-electron chi connectivity index (χ4n) is 1.22. The van der Waals surface area contributed by atoms with Crippen LogP contribution in [-0.4, -0.2) is 22.4 Å². The van der Waals surface area contributed by atoms with E-state index in [9.17, 15) is 14.8 Å². The number of amides is 1. The van der Waals surface area contributed by atoms with Gasteiger partial charge in [-0.05, 0) is 18.4 Å². The Morgan fingerprint density at radius 2 is 2.19 bits per heavy atom. The molecule has 1 heterocycles. The first-order valence-corrected chi connectivity index (χ1v) is 5.22. The van der Waals surface area contributed by atoms with Crippen LogP contribution in [0, 0.1) is 5.92 Å². The molecule has 0 radical (unpaired) electrons. The summed E-state index contributed by atoms with van der Waals surface area (Å²) in [6.45, 7) is 4.63. The van der Waals surface area contributed by atoms with E-state index in [1.165, 1.54) is 18.2 Å². The van der Waals surface area contributed by atoms with Gasteiger partial charge in [-0.1, -0.05) is 19.9 Å². The molecule has 2 N–H and O–H groups in total. The Morgan fingerprint density at radius 3 is 2.81 bits per heavy atom. The lowest BCUT2D eigenvalue weighted by Crippen LogP contribution is -2.31. The molecule has 16 heavy (non-hydrogen) atoms. The number of carbonyl (C=O) groups is 1. The van der Waals surface area contributed by atoms with Gasteiger partial charge in [0.1, 0.15) is 5.69 Å². The maximum absolute atomic E-state index is 11.6. The van der Waals surface area contributed by atoms with Crippen LogP contribution in [0.2, 0.25) is 0 Å². The topological polar surface area (TPSA) is 71.3 Å². The van der Waals surface area contributed by atoms with Crippen molar-refractivity contribution in [3.63, 3.8) is 0 Å². The number of rotatable bonds is 4. The Morgan fingerprint density at radius 1 is 1.50 bits per heavy atom. The Bertz CT molecular complexity index is 423. The van der Waals surface area contributed by atoms with E-state index in [4.69, 9.17) is 0 Å². The van der Waals surface area contributed by atoms with Gasteiger partial charge >= 0.3 is 0 Å². The quantitative estimate of drug-likeness (QED) is 0.745. The molecule has 5 nitrogen and oxygen atoms in total. The van der Waals surface area contributed by atoms with Crippen LogP contribution < -0.4 is 10.9 Å². The molecule has 0 fully saturated rings. The molecule has 0 saturated heterocycles. The number of hydrogen-bond acceptors (Lipinski definition) is 3. The fraction of sp³-hybridized carbons (Fsp3) is 0.455. The summed E-state index contributed by atoms with van der Waals surface area (Å²) in [6.07, 6.45) is 0.855. The van der Waals surface area contributed by atoms with Crippen molar-refractivity contribution in [2.45, 2.75) is 20.3 Å². The predicted octanol–water partition coefficient (Wildman–Crippen LogP) is 0.861. The summed E-state index contributed by atoms with van der Waals surface area (Å²) in [4.78, 5) is 22.6. The second-order valence-electron chi connectivity index (χ2n) is 4.00. The molecule has 0 bridgehead atoms. The molecule has 5 heteroatoms. The van der Waals surface area contributed by atoms with E-state index in [2.05, 4.69) is 19.2 Å². The van der Waals surface area contributed by atoms with Gasteiger partial charge in [-0.25, -0.2) is 0 Å². The van der Waals surface area contributed by atoms with Gasteiger partial charge in [-0.3, -0.25) is 9.59 Å². The molecular formula is C11H16N2O3. The van der Waals surface area contributed by atoms with Crippen LogP contribution in [0.3, 0.4) is 0 Å². The summed E-state index contributed by atoms with van der Waals surface area (Å²) < 4.78 is 0.352. The summed E-state index contributed by atoms with van der Waals surface area (Å²) >= 11 is 0. The zero-order chi connectivity index (χ0) is 12.1. The molecule has 1 rings (SSSR count). The number of nitrogens with one attached hydrogen (secondary N) is 1. The van der Waals surface area contributed by atoms with E-state index in [-0.39, 0.29) is 5.69 Å². The minimum Gasteiger partial charge on any atom is -0.425 e. The molecule has 0 unspecified atom stereocenters. The standard InChI is InChI=1S/C11H16N2O3/c1-8(2)6-7-12-11(15)9-4-3-5-10(14)13(9)16/h3-5,8,16H,6-7H2,1-2H3,(H,12,15). The highest BCUT2D eigenvalue weighted by atomic mass is 16.5. The van der Waals surface area contributed by atoms with Crippen molar-refractivity contribution in [3.05, 3.63) is 34.2 Å². The van der Waals surface area contributed by atoms with Crippen LogP contribution in [-0.2, 0) is 0 Å². The van der Waals surface area contributed by atoms with Gasteiger partial charge in [0.25, 0.3) is 11.5 Å². The summed E-state index contributed by atoms with van der Waals surface area (Å²) in [5.41, 5.74) is -0.659. The van der Waals surface area contributed by atoms with Crippen LogP contribution in [0.5, 0.6) is 0 Å². The Balaban J connectivity index is 2.67. The molecule has 0 aromatic carbocycles. The summed E-state index contributed by atoms with van der Waals surface area (Å²) in [5.74, 6) is 0.0493. The van der Waals surface area contributed by atoms with Crippen LogP contribution in [0.4, 0.5) is 0 Å². The molecule has 0 aliphatic rings. The Labute approximate surface area is 93.7 Å². The average Bonchev–Trinajstić information content (AvgIpc) is 2.21. The van der Waals surface area contributed by atoms with Gasteiger partial charge in [0.15, 0.2) is 0 Å². The lowest BCUT2D eigenvalue weighted by molar-refractivity contribution is 0.0890. The van der Waals surface area contributed by atoms with E-state index in [0.717, 1.165) is 6.42 Å². The summed E-state index contributed by atoms with van der Waals surface area (Å²) in [5, 5.41) is 12.0. The maximum atomic E-state index is 11.6. The zero-order valence-corrected chi connectivity index (χ0v) is 9.43. The second-order valence-corrected chi connectivity index (χ2v) is 4.00. The fourth-order valence-corrected chi connectivity index (χ4v) is 1.22. The monoisotopic (exact) mass is 224 g/mol. The molecule has 1 aromatic heterocycles. The van der Waals surface area contributed by atoms with E-state index in [1.54, 1.807) is 0 Å². The minimum absolute atomic E-state index is 0.0451. The normalized spacial score (nSPS) is 10.4. The lowest BCUT2D eigenvalue weighted by Gasteiger charge is -2.08. The second kappa shape index (κ2) is 5.34. The number of aromatic nitrogens is 1. The van der Waals surface area contributed by atoms with Crippen molar-refractivity contribution in [2.75, 3.05) is 6.54 Å². The molecule has 0 spiro atoms. The van der Waals surface area contributed by atoms with Gasteiger partial charge in [0, 0.05) is 12.6 Å². The van der Waals surface area contributed by atoms with Crippen molar-refractivity contribution in [2.24, 2.45) is 5.92 Å². The van der Waals surface area contributed by atoms with Crippen molar-refractivity contribution in [1.82, 2.24) is 10.0 Å². The van der Waals surface area contributed by atoms with Gasteiger partial charge in [-0.2, -0.15) is 0 Å². The van der Waals surface area contributed by atoms with Crippen LogP contribution in [0.1, 0.15) is 30.8 Å². The van der Waals surface area contributed by atoms with Crippen molar-refractivity contribution in [1.29, 1.82) is 0 Å². The number of pyridine rings is 1. The van der Waals surface area contributed by atoms with Gasteiger partial charge in [0.2, 0.25) is 0 Å². The van der Waals surface area contributed by atoms with Crippen LogP contribution in [0.25, 0.3) is 0 Å². The van der Waals surface area contributed by atoms with Gasteiger partial charge < -0.3 is 10.5 Å². The van der Waals surface area contributed by atoms with Crippen molar-refractivity contribution in [3.8, 4) is 0 Å². The first-order chi connectivity index (χ1) is 7.52. The predicted molar refractivity (Wildman–Crippen MR) is 59.7 cm³/mol. The highest BCUT2D eigenvalue weighted by Crippen LogP contribution is 1.98. The largest absolute Gasteiger partial charge is 0.425 e. The number of hydrogen-bond donors (Lipinski definition) is 2. The van der Waals surface area contributed by atoms with E-state index in [0.29, 0.717) is 17.2 Å². The molecule has 0 saturated carbocycles. The zero-order valence-electron chi connectivity index (χ0n) is 9.43.